The Hall–Kier alpha value is -1.19. The van der Waals surface area contributed by atoms with Gasteiger partial charge in [0, 0.05) is 6.42 Å². The standard InChI is InChI=1S/C20H32O3/c1-14(2)17-7-6-15(3)10-18(21)11-16(4)12-19(22)13-20(5,23)9-8-17/h8-10,12,14,17-18,21,23H,6-7,11,13H2,1-5H3. The van der Waals surface area contributed by atoms with Gasteiger partial charge in [-0.25, -0.2) is 0 Å². The van der Waals surface area contributed by atoms with Crippen molar-refractivity contribution in [1.29, 1.82) is 0 Å². The van der Waals surface area contributed by atoms with Crippen molar-refractivity contribution in [3.63, 3.8) is 0 Å². The van der Waals surface area contributed by atoms with Crippen molar-refractivity contribution in [2.75, 3.05) is 0 Å². The smallest absolute Gasteiger partial charge is 0.158 e. The van der Waals surface area contributed by atoms with Crippen LogP contribution < -0.4 is 0 Å². The Morgan fingerprint density at radius 1 is 1.26 bits per heavy atom. The monoisotopic (exact) mass is 320 g/mol. The van der Waals surface area contributed by atoms with Crippen molar-refractivity contribution in [3.8, 4) is 0 Å². The molecular formula is C20H32O3. The number of rotatable bonds is 1. The molecule has 0 saturated carbocycles. The molecule has 0 amide bonds. The molecule has 0 heterocycles. The summed E-state index contributed by atoms with van der Waals surface area (Å²) in [6.07, 6.45) is 9.12. The number of aliphatic hydroxyl groups is 2. The highest BCUT2D eigenvalue weighted by atomic mass is 16.3. The molecule has 0 fully saturated rings. The molecule has 130 valence electrons. The maximum absolute atomic E-state index is 12.1. The minimum absolute atomic E-state index is 0.0661. The number of carbonyl (C=O) groups is 1. The van der Waals surface area contributed by atoms with E-state index in [2.05, 4.69) is 13.8 Å². The molecule has 1 aliphatic rings. The van der Waals surface area contributed by atoms with E-state index in [9.17, 15) is 15.0 Å². The lowest BCUT2D eigenvalue weighted by molar-refractivity contribution is -0.117. The van der Waals surface area contributed by atoms with Crippen molar-refractivity contribution in [2.45, 2.75) is 72.0 Å². The highest BCUT2D eigenvalue weighted by Crippen LogP contribution is 2.24. The van der Waals surface area contributed by atoms with Crippen molar-refractivity contribution in [2.24, 2.45) is 11.8 Å². The van der Waals surface area contributed by atoms with Gasteiger partial charge in [0.05, 0.1) is 11.7 Å². The molecule has 3 nitrogen and oxygen atoms in total. The van der Waals surface area contributed by atoms with Crippen LogP contribution in [-0.2, 0) is 4.79 Å². The first-order chi connectivity index (χ1) is 10.6. The molecule has 3 heteroatoms. The maximum atomic E-state index is 12.1. The number of carbonyl (C=O) groups excluding carboxylic acids is 1. The highest BCUT2D eigenvalue weighted by Gasteiger charge is 2.22. The molecule has 3 unspecified atom stereocenters. The normalized spacial score (nSPS) is 31.6. The Balaban J connectivity index is 3.08. The predicted molar refractivity (Wildman–Crippen MR) is 95.1 cm³/mol. The molecule has 0 spiro atoms. The lowest BCUT2D eigenvalue weighted by atomic mass is 9.86. The third kappa shape index (κ3) is 7.76. The first kappa shape index (κ1) is 19.9. The molecule has 0 radical (unpaired) electrons. The van der Waals surface area contributed by atoms with Crippen molar-refractivity contribution in [3.05, 3.63) is 35.5 Å². The zero-order valence-corrected chi connectivity index (χ0v) is 15.2. The summed E-state index contributed by atoms with van der Waals surface area (Å²) in [4.78, 5) is 12.1. The summed E-state index contributed by atoms with van der Waals surface area (Å²) >= 11 is 0. The summed E-state index contributed by atoms with van der Waals surface area (Å²) < 4.78 is 0. The Morgan fingerprint density at radius 3 is 2.52 bits per heavy atom. The van der Waals surface area contributed by atoms with E-state index in [1.54, 1.807) is 19.1 Å². The second-order valence-corrected chi connectivity index (χ2v) is 7.58. The van der Waals surface area contributed by atoms with Gasteiger partial charge in [0.15, 0.2) is 5.78 Å². The van der Waals surface area contributed by atoms with Gasteiger partial charge < -0.3 is 10.2 Å². The van der Waals surface area contributed by atoms with Crippen LogP contribution in [0.4, 0.5) is 0 Å². The van der Waals surface area contributed by atoms with Crippen molar-refractivity contribution in [1.82, 2.24) is 0 Å². The van der Waals surface area contributed by atoms with E-state index >= 15 is 0 Å². The average Bonchev–Trinajstić information content (AvgIpc) is 2.35. The van der Waals surface area contributed by atoms with E-state index in [0.717, 1.165) is 18.4 Å². The van der Waals surface area contributed by atoms with Crippen LogP contribution in [0.2, 0.25) is 0 Å². The van der Waals surface area contributed by atoms with Crippen LogP contribution in [-0.4, -0.2) is 27.7 Å². The quantitative estimate of drug-likeness (QED) is 0.719. The zero-order chi connectivity index (χ0) is 17.6. The number of hydrogen-bond donors (Lipinski definition) is 2. The first-order valence-corrected chi connectivity index (χ1v) is 8.56. The second kappa shape index (κ2) is 8.60. The SMILES string of the molecule is CC1=CC(O)CC(C)=CC(=O)CC(C)(O)C=CC(C(C)C)CC1. The third-order valence-corrected chi connectivity index (χ3v) is 4.38. The average molecular weight is 320 g/mol. The number of hydrogen-bond acceptors (Lipinski definition) is 3. The van der Waals surface area contributed by atoms with Gasteiger partial charge in [-0.1, -0.05) is 43.2 Å². The topological polar surface area (TPSA) is 57.5 Å². The van der Waals surface area contributed by atoms with Crippen LogP contribution in [0.25, 0.3) is 0 Å². The molecule has 0 aromatic carbocycles. The van der Waals surface area contributed by atoms with E-state index in [1.807, 2.05) is 26.0 Å². The fourth-order valence-electron chi connectivity index (χ4n) is 2.97. The third-order valence-electron chi connectivity index (χ3n) is 4.38. The summed E-state index contributed by atoms with van der Waals surface area (Å²) in [5, 5.41) is 20.6. The minimum Gasteiger partial charge on any atom is -0.389 e. The Labute approximate surface area is 140 Å². The lowest BCUT2D eigenvalue weighted by Gasteiger charge is -2.22. The molecule has 0 saturated heterocycles. The molecule has 0 aromatic heterocycles. The van der Waals surface area contributed by atoms with Gasteiger partial charge in [-0.3, -0.25) is 4.79 Å². The Bertz CT molecular complexity index is 495. The molecule has 0 bridgehead atoms. The first-order valence-electron chi connectivity index (χ1n) is 8.56. The molecule has 0 aliphatic heterocycles. The lowest BCUT2D eigenvalue weighted by Crippen LogP contribution is -2.25. The van der Waals surface area contributed by atoms with Crippen LogP contribution in [0.1, 0.15) is 60.3 Å². The highest BCUT2D eigenvalue weighted by molar-refractivity contribution is 5.91. The summed E-state index contributed by atoms with van der Waals surface area (Å²) in [7, 11) is 0. The molecule has 3 atom stereocenters. The van der Waals surface area contributed by atoms with Crippen LogP contribution in [0, 0.1) is 11.8 Å². The largest absolute Gasteiger partial charge is 0.389 e. The molecule has 2 N–H and O–H groups in total. The van der Waals surface area contributed by atoms with E-state index in [4.69, 9.17) is 0 Å². The molecule has 1 aliphatic carbocycles. The second-order valence-electron chi connectivity index (χ2n) is 7.58. The molecule has 0 aromatic rings. The van der Waals surface area contributed by atoms with Gasteiger partial charge in [0.1, 0.15) is 0 Å². The summed E-state index contributed by atoms with van der Waals surface area (Å²) in [5.41, 5.74) is 0.872. The molecule has 23 heavy (non-hydrogen) atoms. The van der Waals surface area contributed by atoms with E-state index in [0.29, 0.717) is 18.3 Å². The van der Waals surface area contributed by atoms with Crippen LogP contribution in [0.3, 0.4) is 0 Å². The van der Waals surface area contributed by atoms with Gasteiger partial charge in [0.2, 0.25) is 0 Å². The summed E-state index contributed by atoms with van der Waals surface area (Å²) in [6.45, 7) is 9.88. The van der Waals surface area contributed by atoms with E-state index in [1.165, 1.54) is 5.57 Å². The summed E-state index contributed by atoms with van der Waals surface area (Å²) in [6, 6.07) is 0. The van der Waals surface area contributed by atoms with E-state index < -0.39 is 11.7 Å². The van der Waals surface area contributed by atoms with Gasteiger partial charge in [-0.05, 0) is 57.9 Å². The zero-order valence-electron chi connectivity index (χ0n) is 15.2. The fraction of sp³-hybridized carbons (Fsp3) is 0.650. The van der Waals surface area contributed by atoms with Crippen LogP contribution in [0.15, 0.2) is 35.5 Å². The van der Waals surface area contributed by atoms with Crippen molar-refractivity contribution >= 4 is 5.78 Å². The van der Waals surface area contributed by atoms with Gasteiger partial charge in [-0.15, -0.1) is 0 Å². The van der Waals surface area contributed by atoms with Crippen LogP contribution in [0.5, 0.6) is 0 Å². The number of ketones is 1. The summed E-state index contributed by atoms with van der Waals surface area (Å²) in [5.74, 6) is 0.700. The number of aliphatic hydroxyl groups excluding tert-OH is 1. The molecule has 1 rings (SSSR count). The van der Waals surface area contributed by atoms with Crippen molar-refractivity contribution < 1.29 is 15.0 Å². The van der Waals surface area contributed by atoms with Gasteiger partial charge in [-0.2, -0.15) is 0 Å². The fourth-order valence-corrected chi connectivity index (χ4v) is 2.97. The Morgan fingerprint density at radius 2 is 1.91 bits per heavy atom. The van der Waals surface area contributed by atoms with Gasteiger partial charge >= 0.3 is 0 Å². The minimum atomic E-state index is -1.13. The molecular weight excluding hydrogens is 288 g/mol. The predicted octanol–water partition coefficient (Wildman–Crippen LogP) is 3.96. The Kier molecular flexibility index (Phi) is 7.43. The van der Waals surface area contributed by atoms with Crippen LogP contribution >= 0.6 is 0 Å². The van der Waals surface area contributed by atoms with Gasteiger partial charge in [0.25, 0.3) is 0 Å². The maximum Gasteiger partial charge on any atom is 0.158 e. The number of allylic oxidation sites excluding steroid dienone is 3. The van der Waals surface area contributed by atoms with E-state index in [-0.39, 0.29) is 12.2 Å².